The molecule has 6 nitrogen and oxygen atoms in total. The molecule has 0 radical (unpaired) electrons. The molecule has 12 rings (SSSR count). The number of hydrogen-bond acceptors (Lipinski definition) is 6. The largest absolute Gasteiger partial charge is 0.345 e. The highest BCUT2D eigenvalue weighted by Crippen LogP contribution is 2.44. The zero-order valence-electron chi connectivity index (χ0n) is 43.2. The lowest BCUT2D eigenvalue weighted by Gasteiger charge is -2.28. The molecule has 12 aromatic carbocycles. The molecule has 12 aromatic rings. The highest BCUT2D eigenvalue weighted by Gasteiger charge is 2.20. The van der Waals surface area contributed by atoms with E-state index < -0.39 is 0 Å². The van der Waals surface area contributed by atoms with Gasteiger partial charge < -0.3 is 19.6 Å². The van der Waals surface area contributed by atoms with Crippen LogP contribution >= 0.6 is 0 Å². The van der Waals surface area contributed by atoms with Crippen molar-refractivity contribution in [1.82, 2.24) is 0 Å². The Morgan fingerprint density at radius 2 is 0.654 bits per heavy atom. The highest BCUT2D eigenvalue weighted by molar-refractivity contribution is 5.97. The van der Waals surface area contributed by atoms with Crippen molar-refractivity contribution in [3.8, 4) is 45.5 Å². The zero-order chi connectivity index (χ0) is 53.0. The average Bonchev–Trinajstić information content (AvgIpc) is 3.61. The molecule has 0 spiro atoms. The fourth-order valence-electron chi connectivity index (χ4n) is 10.5. The van der Waals surface area contributed by atoms with Gasteiger partial charge in [-0.3, -0.25) is 0 Å². The first-order valence-corrected chi connectivity index (χ1v) is 26.0. The third-order valence-corrected chi connectivity index (χ3v) is 14.7. The summed E-state index contributed by atoms with van der Waals surface area (Å²) >= 11 is 0. The first-order valence-electron chi connectivity index (χ1n) is 26.0. The second kappa shape index (κ2) is 21.3. The van der Waals surface area contributed by atoms with Crippen molar-refractivity contribution in [3.05, 3.63) is 290 Å². The Balaban J connectivity index is 0.936. The molecule has 0 aliphatic carbocycles. The lowest BCUT2D eigenvalue weighted by molar-refractivity contribution is 1.20. The van der Waals surface area contributed by atoms with Gasteiger partial charge in [0.15, 0.2) is 0 Å². The fraction of sp³-hybridized carbons (Fsp3) is 0.0278. The van der Waals surface area contributed by atoms with E-state index in [1.807, 2.05) is 68.7 Å². The fourth-order valence-corrected chi connectivity index (χ4v) is 10.5. The number of anilines is 10. The second-order valence-corrected chi connectivity index (χ2v) is 19.4. The Kier molecular flexibility index (Phi) is 13.2. The molecule has 0 bridgehead atoms. The van der Waals surface area contributed by atoms with E-state index in [1.165, 1.54) is 10.9 Å². The van der Waals surface area contributed by atoms with Crippen LogP contribution in [0.4, 0.5) is 56.9 Å². The minimum Gasteiger partial charge on any atom is -0.345 e. The van der Waals surface area contributed by atoms with Crippen LogP contribution in [-0.4, -0.2) is 14.1 Å². The van der Waals surface area contributed by atoms with Crippen molar-refractivity contribution < 1.29 is 0 Å². The van der Waals surface area contributed by atoms with Crippen LogP contribution in [0.1, 0.15) is 11.1 Å². The van der Waals surface area contributed by atoms with Gasteiger partial charge in [0.05, 0.1) is 23.3 Å². The number of nitriles is 2. The van der Waals surface area contributed by atoms with Crippen molar-refractivity contribution in [2.24, 2.45) is 0 Å². The van der Waals surface area contributed by atoms with E-state index in [-0.39, 0.29) is 0 Å². The predicted molar refractivity (Wildman–Crippen MR) is 326 cm³/mol. The molecule has 0 aromatic heterocycles. The molecular formula is C72H52N6. The average molecular weight is 1000 g/mol. The van der Waals surface area contributed by atoms with Crippen molar-refractivity contribution in [2.75, 3.05) is 33.7 Å². The maximum absolute atomic E-state index is 9.62. The normalized spacial score (nSPS) is 10.9. The highest BCUT2D eigenvalue weighted by atomic mass is 15.2. The molecule has 0 N–H and O–H groups in total. The van der Waals surface area contributed by atoms with E-state index >= 15 is 0 Å². The van der Waals surface area contributed by atoms with E-state index in [4.69, 9.17) is 0 Å². The van der Waals surface area contributed by atoms with Crippen LogP contribution in [0.25, 0.3) is 54.9 Å². The molecule has 0 aliphatic rings. The van der Waals surface area contributed by atoms with Crippen LogP contribution in [0.5, 0.6) is 0 Å². The van der Waals surface area contributed by atoms with Gasteiger partial charge in [0, 0.05) is 71.0 Å². The molecule has 78 heavy (non-hydrogen) atoms. The van der Waals surface area contributed by atoms with Gasteiger partial charge in [0.1, 0.15) is 0 Å². The van der Waals surface area contributed by atoms with Crippen LogP contribution in [0.3, 0.4) is 0 Å². The van der Waals surface area contributed by atoms with Gasteiger partial charge >= 0.3 is 0 Å². The topological polar surface area (TPSA) is 60.5 Å². The van der Waals surface area contributed by atoms with E-state index in [0.717, 1.165) is 101 Å². The Labute approximate surface area is 456 Å². The predicted octanol–water partition coefficient (Wildman–Crippen LogP) is 19.2. The van der Waals surface area contributed by atoms with E-state index in [0.29, 0.717) is 11.1 Å². The first kappa shape index (κ1) is 48.3. The number of fused-ring (bicyclic) bond motifs is 2. The number of hydrogen-bond donors (Lipinski definition) is 0. The van der Waals surface area contributed by atoms with Gasteiger partial charge in [-0.15, -0.1) is 0 Å². The third-order valence-electron chi connectivity index (χ3n) is 14.7. The number of rotatable bonds is 13. The van der Waals surface area contributed by atoms with Gasteiger partial charge in [-0.1, -0.05) is 133 Å². The Morgan fingerprint density at radius 3 is 1.27 bits per heavy atom. The first-order chi connectivity index (χ1) is 38.4. The summed E-state index contributed by atoms with van der Waals surface area (Å²) in [6, 6.07) is 103. The molecule has 0 aliphatic heterocycles. The molecule has 0 saturated heterocycles. The summed E-state index contributed by atoms with van der Waals surface area (Å²) in [5.74, 6) is 0. The van der Waals surface area contributed by atoms with Gasteiger partial charge in [-0.25, -0.2) is 0 Å². The quantitative estimate of drug-likeness (QED) is 0.115. The Bertz CT molecular complexity index is 4180. The summed E-state index contributed by atoms with van der Waals surface area (Å²) in [5.41, 5.74) is 18.3. The summed E-state index contributed by atoms with van der Waals surface area (Å²) < 4.78 is 0. The minimum atomic E-state index is 0.626. The molecule has 0 unspecified atom stereocenters. The van der Waals surface area contributed by atoms with Crippen molar-refractivity contribution in [3.63, 3.8) is 0 Å². The summed E-state index contributed by atoms with van der Waals surface area (Å²) in [6.07, 6.45) is 0. The second-order valence-electron chi connectivity index (χ2n) is 19.4. The summed E-state index contributed by atoms with van der Waals surface area (Å²) in [7, 11) is 4.08. The van der Waals surface area contributed by atoms with Crippen LogP contribution < -0.4 is 19.6 Å². The summed E-state index contributed by atoms with van der Waals surface area (Å²) in [4.78, 5) is 8.91. The maximum Gasteiger partial charge on any atom is 0.0992 e. The molecule has 6 heteroatoms. The van der Waals surface area contributed by atoms with E-state index in [2.05, 4.69) is 256 Å². The zero-order valence-corrected chi connectivity index (χ0v) is 43.2. The maximum atomic E-state index is 9.62. The molecule has 370 valence electrons. The van der Waals surface area contributed by atoms with Gasteiger partial charge in [-0.2, -0.15) is 10.5 Å². The molecule has 0 amide bonds. The van der Waals surface area contributed by atoms with Crippen LogP contribution in [0.15, 0.2) is 279 Å². The molecule has 0 heterocycles. The van der Waals surface area contributed by atoms with Crippen LogP contribution in [0, 0.1) is 22.7 Å². The SMILES string of the molecule is CN(c1ccc(C#N)cc1)c1ccc(N(c2ccc(-c3ccccc3)cc2)c2ccc3cc(-c4cc(N(c5ccc(N(C)c6cccc(C#N)c6)cc5)c5ccc6ccccc6c5)ccc4-c4ccccc4)ccc3c2)cc1. The van der Waals surface area contributed by atoms with E-state index in [1.54, 1.807) is 0 Å². The van der Waals surface area contributed by atoms with Crippen LogP contribution in [-0.2, 0) is 0 Å². The summed E-state index contributed by atoms with van der Waals surface area (Å²) in [6.45, 7) is 0. The molecule has 0 atom stereocenters. The number of nitrogens with zero attached hydrogens (tertiary/aromatic N) is 6. The van der Waals surface area contributed by atoms with Crippen LogP contribution in [0.2, 0.25) is 0 Å². The smallest absolute Gasteiger partial charge is 0.0992 e. The number of benzene rings is 12. The molecule has 0 saturated carbocycles. The minimum absolute atomic E-state index is 0.626. The molecule has 0 fully saturated rings. The van der Waals surface area contributed by atoms with E-state index in [9.17, 15) is 10.5 Å². The Hall–Kier alpha value is -10.7. The monoisotopic (exact) mass is 1000 g/mol. The Morgan fingerprint density at radius 1 is 0.244 bits per heavy atom. The third kappa shape index (κ3) is 9.78. The van der Waals surface area contributed by atoms with Gasteiger partial charge in [0.2, 0.25) is 0 Å². The molecular weight excluding hydrogens is 949 g/mol. The van der Waals surface area contributed by atoms with Gasteiger partial charge in [-0.05, 0) is 201 Å². The van der Waals surface area contributed by atoms with Crippen molar-refractivity contribution in [2.45, 2.75) is 0 Å². The van der Waals surface area contributed by atoms with Gasteiger partial charge in [0.25, 0.3) is 0 Å². The standard InChI is InChI=1S/C72H52N6/c1-75(61-28-20-51(49-73)21-29-61)62-34-38-65(39-35-62)77(64-30-24-55(25-31-64)53-13-5-3-6-14-53)68-33-27-58-45-60(23-22-59(58)47-68)72-48-70(42-43-71(72)56-16-7-4-8-17-56)78(69-32-26-54-15-9-10-18-57(54)46-69)66-40-36-63(37-41-66)76(2)67-19-11-12-52(44-67)50-74/h3-48H,1-2H3. The van der Waals surface area contributed by atoms with Crippen molar-refractivity contribution in [1.29, 1.82) is 10.5 Å². The lowest BCUT2D eigenvalue weighted by Crippen LogP contribution is -2.12. The lowest BCUT2D eigenvalue weighted by atomic mass is 9.92. The summed E-state index contributed by atoms with van der Waals surface area (Å²) in [5, 5.41) is 23.6. The van der Waals surface area contributed by atoms with Crippen molar-refractivity contribution >= 4 is 78.4 Å².